The van der Waals surface area contributed by atoms with Crippen LogP contribution in [0.25, 0.3) is 0 Å². The van der Waals surface area contributed by atoms with Crippen LogP contribution in [-0.4, -0.2) is 29.1 Å². The smallest absolute Gasteiger partial charge is 0.330 e. The zero-order valence-corrected chi connectivity index (χ0v) is 10.3. The second kappa shape index (κ2) is 6.80. The molecule has 9 heteroatoms. The van der Waals surface area contributed by atoms with Crippen LogP contribution in [0.2, 0.25) is 0 Å². The summed E-state index contributed by atoms with van der Waals surface area (Å²) >= 11 is 0. The molecule has 1 rings (SSSR count). The molecule has 0 saturated heterocycles. The minimum absolute atomic E-state index is 0.00776. The number of nitrogens with zero attached hydrogens (tertiary/aromatic N) is 2. The van der Waals surface area contributed by atoms with Gasteiger partial charge >= 0.3 is 12.3 Å². The molecule has 110 valence electrons. The normalized spacial score (nSPS) is 14.1. The lowest BCUT2D eigenvalue weighted by Gasteiger charge is -2.14. The molecule has 1 aromatic heterocycles. The van der Waals surface area contributed by atoms with Gasteiger partial charge in [-0.15, -0.1) is 0 Å². The van der Waals surface area contributed by atoms with E-state index in [0.29, 0.717) is 6.42 Å². The molecule has 5 nitrogen and oxygen atoms in total. The number of aromatic nitrogens is 2. The summed E-state index contributed by atoms with van der Waals surface area (Å²) in [5.41, 5.74) is 5.70. The summed E-state index contributed by atoms with van der Waals surface area (Å²) in [7, 11) is 0. The van der Waals surface area contributed by atoms with Crippen LogP contribution >= 0.6 is 0 Å². The highest BCUT2D eigenvalue weighted by Gasteiger charge is 2.41. The Morgan fingerprint density at radius 3 is 2.68 bits per heavy atom. The minimum Gasteiger partial charge on any atom is -0.367 e. The second-order valence-corrected chi connectivity index (χ2v) is 4.00. The number of rotatable bonds is 8. The first kappa shape index (κ1) is 15.8. The molecule has 1 unspecified atom stereocenters. The van der Waals surface area contributed by atoms with E-state index in [4.69, 9.17) is 10.3 Å². The first-order chi connectivity index (χ1) is 8.86. The highest BCUT2D eigenvalue weighted by atomic mass is 19.3. The van der Waals surface area contributed by atoms with E-state index in [1.54, 1.807) is 0 Å². The zero-order valence-electron chi connectivity index (χ0n) is 10.3. The van der Waals surface area contributed by atoms with Crippen LogP contribution in [0.3, 0.4) is 0 Å². The summed E-state index contributed by atoms with van der Waals surface area (Å²) in [6.45, 7) is 0.0763. The number of hydrogen-bond donors (Lipinski definition) is 1. The van der Waals surface area contributed by atoms with E-state index in [9.17, 15) is 17.6 Å². The molecular weight excluding hydrogens is 270 g/mol. The van der Waals surface area contributed by atoms with E-state index in [1.165, 1.54) is 0 Å². The highest BCUT2D eigenvalue weighted by molar-refractivity contribution is 4.90. The van der Waals surface area contributed by atoms with Crippen molar-refractivity contribution in [2.24, 2.45) is 5.73 Å². The van der Waals surface area contributed by atoms with Crippen LogP contribution in [-0.2, 0) is 11.3 Å². The number of ether oxygens (including phenoxy) is 1. The molecule has 0 saturated carbocycles. The molecule has 1 aromatic rings. The molecular formula is C10H15F4N3O2. The van der Waals surface area contributed by atoms with E-state index in [0.717, 1.165) is 6.42 Å². The predicted octanol–water partition coefficient (Wildman–Crippen LogP) is 2.29. The third-order valence-electron chi connectivity index (χ3n) is 2.25. The molecule has 0 radical (unpaired) electrons. The monoisotopic (exact) mass is 285 g/mol. The largest absolute Gasteiger partial charge is 0.367 e. The van der Waals surface area contributed by atoms with Gasteiger partial charge in [-0.25, -0.2) is 8.78 Å². The Morgan fingerprint density at radius 2 is 2.11 bits per heavy atom. The van der Waals surface area contributed by atoms with Crippen molar-refractivity contribution in [3.63, 3.8) is 0 Å². The maximum Gasteiger partial charge on any atom is 0.330 e. The van der Waals surface area contributed by atoms with Crippen molar-refractivity contribution in [2.45, 2.75) is 44.8 Å². The van der Waals surface area contributed by atoms with Gasteiger partial charge in [-0.3, -0.25) is 0 Å². The fraction of sp³-hybridized carbons (Fsp3) is 0.800. The molecule has 1 atom stereocenters. The van der Waals surface area contributed by atoms with Crippen LogP contribution in [0.15, 0.2) is 4.52 Å². The van der Waals surface area contributed by atoms with Crippen molar-refractivity contribution < 1.29 is 26.8 Å². The molecule has 0 bridgehead atoms. The summed E-state index contributed by atoms with van der Waals surface area (Å²) in [6.07, 6.45) is -2.33. The SMILES string of the molecule is CCCC(N)c1nc(COCC(F)(F)C(F)F)no1. The van der Waals surface area contributed by atoms with Crippen molar-refractivity contribution in [1.29, 1.82) is 0 Å². The lowest BCUT2D eigenvalue weighted by Crippen LogP contribution is -2.32. The Morgan fingerprint density at radius 1 is 1.42 bits per heavy atom. The third kappa shape index (κ3) is 4.75. The van der Waals surface area contributed by atoms with Crippen LogP contribution in [0.5, 0.6) is 0 Å². The molecule has 0 aromatic carbocycles. The van der Waals surface area contributed by atoms with Gasteiger partial charge in [0.25, 0.3) is 0 Å². The Kier molecular flexibility index (Phi) is 5.67. The summed E-state index contributed by atoms with van der Waals surface area (Å²) in [4.78, 5) is 3.83. The van der Waals surface area contributed by atoms with Crippen LogP contribution in [0, 0.1) is 0 Å². The van der Waals surface area contributed by atoms with Crippen LogP contribution < -0.4 is 5.73 Å². The first-order valence-electron chi connectivity index (χ1n) is 5.68. The number of alkyl halides is 4. The second-order valence-electron chi connectivity index (χ2n) is 4.00. The lowest BCUT2D eigenvalue weighted by molar-refractivity contribution is -0.168. The minimum atomic E-state index is -4.19. The molecule has 1 heterocycles. The van der Waals surface area contributed by atoms with Gasteiger partial charge in [-0.1, -0.05) is 18.5 Å². The molecule has 2 N–H and O–H groups in total. The summed E-state index contributed by atoms with van der Waals surface area (Å²) in [5, 5.41) is 3.46. The first-order valence-corrected chi connectivity index (χ1v) is 5.68. The van der Waals surface area contributed by atoms with Crippen molar-refractivity contribution in [2.75, 3.05) is 6.61 Å². The van der Waals surface area contributed by atoms with Crippen LogP contribution in [0.1, 0.15) is 37.5 Å². The fourth-order valence-electron chi connectivity index (χ4n) is 1.25. The Bertz CT molecular complexity index is 387. The Labute approximate surface area is 107 Å². The van der Waals surface area contributed by atoms with Crippen molar-refractivity contribution in [1.82, 2.24) is 10.1 Å². The van der Waals surface area contributed by atoms with Gasteiger partial charge in [0, 0.05) is 0 Å². The van der Waals surface area contributed by atoms with Crippen molar-refractivity contribution in [3.8, 4) is 0 Å². The molecule has 0 aliphatic carbocycles. The molecule has 19 heavy (non-hydrogen) atoms. The quantitative estimate of drug-likeness (QED) is 0.742. The molecule has 0 amide bonds. The number of nitrogens with two attached hydrogens (primary N) is 1. The van der Waals surface area contributed by atoms with Gasteiger partial charge in [-0.2, -0.15) is 13.8 Å². The van der Waals surface area contributed by atoms with E-state index >= 15 is 0 Å². The summed E-state index contributed by atoms with van der Waals surface area (Å²) < 4.78 is 58.0. The number of hydrogen-bond acceptors (Lipinski definition) is 5. The van der Waals surface area contributed by atoms with E-state index in [-0.39, 0.29) is 11.7 Å². The standard InChI is InChI=1S/C10H15F4N3O2/c1-2-3-6(15)8-16-7(17-19-8)4-18-5-10(13,14)9(11)12/h6,9H,2-5,15H2,1H3. The fourth-order valence-corrected chi connectivity index (χ4v) is 1.25. The van der Waals surface area contributed by atoms with Gasteiger partial charge in [0.2, 0.25) is 5.89 Å². The third-order valence-corrected chi connectivity index (χ3v) is 2.25. The Hall–Kier alpha value is -1.22. The molecule has 0 spiro atoms. The predicted molar refractivity (Wildman–Crippen MR) is 56.7 cm³/mol. The van der Waals surface area contributed by atoms with Gasteiger partial charge in [0.05, 0.1) is 6.04 Å². The summed E-state index contributed by atoms with van der Waals surface area (Å²) in [6, 6.07) is -0.436. The van der Waals surface area contributed by atoms with Crippen molar-refractivity contribution >= 4 is 0 Å². The van der Waals surface area contributed by atoms with Gasteiger partial charge < -0.3 is 15.0 Å². The highest BCUT2D eigenvalue weighted by Crippen LogP contribution is 2.23. The van der Waals surface area contributed by atoms with Gasteiger partial charge in [0.15, 0.2) is 5.82 Å². The maximum atomic E-state index is 12.5. The Balaban J connectivity index is 2.42. The average molecular weight is 285 g/mol. The van der Waals surface area contributed by atoms with Crippen LogP contribution in [0.4, 0.5) is 17.6 Å². The summed E-state index contributed by atoms with van der Waals surface area (Å²) in [5.74, 6) is -4.03. The number of halogens is 4. The maximum absolute atomic E-state index is 12.5. The molecule has 0 aliphatic heterocycles. The van der Waals surface area contributed by atoms with Gasteiger partial charge in [-0.05, 0) is 6.42 Å². The topological polar surface area (TPSA) is 74.2 Å². The average Bonchev–Trinajstić information content (AvgIpc) is 2.77. The zero-order chi connectivity index (χ0) is 14.5. The molecule has 0 fully saturated rings. The van der Waals surface area contributed by atoms with E-state index in [1.807, 2.05) is 6.92 Å². The van der Waals surface area contributed by atoms with Gasteiger partial charge in [0.1, 0.15) is 13.2 Å². The lowest BCUT2D eigenvalue weighted by atomic mass is 10.2. The molecule has 0 aliphatic rings. The van der Waals surface area contributed by atoms with E-state index < -0.39 is 31.6 Å². The van der Waals surface area contributed by atoms with Crippen molar-refractivity contribution in [3.05, 3.63) is 11.7 Å². The van der Waals surface area contributed by atoms with E-state index in [2.05, 4.69) is 14.9 Å².